The minimum atomic E-state index is -0.264. The number of fused-ring (bicyclic) bond motifs is 2. The lowest BCUT2D eigenvalue weighted by atomic mass is 10.1. The van der Waals surface area contributed by atoms with E-state index in [1.165, 1.54) is 0 Å². The average molecular weight is 382 g/mol. The van der Waals surface area contributed by atoms with Crippen molar-refractivity contribution in [2.75, 3.05) is 16.8 Å². The van der Waals surface area contributed by atoms with Crippen molar-refractivity contribution < 1.29 is 9.59 Å². The first kappa shape index (κ1) is 17.7. The molecule has 27 heavy (non-hydrogen) atoms. The molecule has 0 aromatic heterocycles. The number of hydrogen-bond acceptors (Lipinski definition) is 3. The van der Waals surface area contributed by atoms with Crippen LogP contribution in [0.25, 0.3) is 0 Å². The van der Waals surface area contributed by atoms with E-state index >= 15 is 0 Å². The summed E-state index contributed by atoms with van der Waals surface area (Å²) < 4.78 is 0. The van der Waals surface area contributed by atoms with Gasteiger partial charge in [0, 0.05) is 16.4 Å². The van der Waals surface area contributed by atoms with Gasteiger partial charge in [0.15, 0.2) is 0 Å². The predicted octanol–water partition coefficient (Wildman–Crippen LogP) is 4.51. The Morgan fingerprint density at radius 1 is 1.30 bits per heavy atom. The van der Waals surface area contributed by atoms with Gasteiger partial charge in [-0.1, -0.05) is 29.8 Å². The Kier molecular flexibility index (Phi) is 4.70. The predicted molar refractivity (Wildman–Crippen MR) is 108 cm³/mol. The van der Waals surface area contributed by atoms with Gasteiger partial charge in [-0.25, -0.2) is 0 Å². The molecule has 0 spiro atoms. The summed E-state index contributed by atoms with van der Waals surface area (Å²) in [6, 6.07) is 12.9. The molecule has 1 aliphatic carbocycles. The highest BCUT2D eigenvalue weighted by molar-refractivity contribution is 6.31. The highest BCUT2D eigenvalue weighted by Crippen LogP contribution is 2.37. The Bertz CT molecular complexity index is 954. The van der Waals surface area contributed by atoms with Gasteiger partial charge in [0.25, 0.3) is 0 Å². The summed E-state index contributed by atoms with van der Waals surface area (Å²) in [4.78, 5) is 32.1. The van der Waals surface area contributed by atoms with Gasteiger partial charge in [0.05, 0.1) is 17.3 Å². The molecule has 2 amide bonds. The van der Waals surface area contributed by atoms with Crippen molar-refractivity contribution in [2.45, 2.75) is 26.2 Å². The average Bonchev–Trinajstić information content (AvgIpc) is 3.07. The molecule has 0 unspecified atom stereocenters. The highest BCUT2D eigenvalue weighted by atomic mass is 35.5. The largest absolute Gasteiger partial charge is 0.324 e. The fraction of sp³-hybridized carbons (Fsp3) is 0.286. The number of carbonyl (C=O) groups is 2. The number of rotatable bonds is 3. The van der Waals surface area contributed by atoms with Crippen LogP contribution in [0.4, 0.5) is 17.1 Å². The fourth-order valence-electron chi connectivity index (χ4n) is 3.65. The van der Waals surface area contributed by atoms with Crippen LogP contribution >= 0.6 is 11.6 Å². The van der Waals surface area contributed by atoms with E-state index < -0.39 is 0 Å². The standard InChI is InChI=1S/C21H20ClN3O2/c1-13-9-10-14(11-16(13)22)23-20(26)12-25-19-8-3-2-6-18(19)24-17-7-4-5-15(17)21(25)27/h2-3,6,8-11,15H,4-5,7,12H2,1H3,(H,23,26)/t15-/m0/s1. The molecule has 1 atom stereocenters. The lowest BCUT2D eigenvalue weighted by Gasteiger charge is -2.24. The van der Waals surface area contributed by atoms with Crippen LogP contribution in [0.5, 0.6) is 0 Å². The number of benzene rings is 2. The van der Waals surface area contributed by atoms with Gasteiger partial charge in [-0.2, -0.15) is 0 Å². The van der Waals surface area contributed by atoms with E-state index in [-0.39, 0.29) is 24.3 Å². The summed E-state index contributed by atoms with van der Waals surface area (Å²) in [6.45, 7) is 1.85. The van der Waals surface area contributed by atoms with E-state index in [9.17, 15) is 9.59 Å². The molecule has 1 N–H and O–H groups in total. The molecule has 1 heterocycles. The molecule has 138 valence electrons. The van der Waals surface area contributed by atoms with Crippen molar-refractivity contribution in [3.8, 4) is 0 Å². The van der Waals surface area contributed by atoms with Gasteiger partial charge in [-0.05, 0) is 56.0 Å². The number of nitrogens with zero attached hydrogens (tertiary/aromatic N) is 2. The van der Waals surface area contributed by atoms with Gasteiger partial charge < -0.3 is 10.2 Å². The zero-order valence-electron chi connectivity index (χ0n) is 15.0. The second-order valence-electron chi connectivity index (χ2n) is 6.97. The summed E-state index contributed by atoms with van der Waals surface area (Å²) in [6.07, 6.45) is 2.59. The lowest BCUT2D eigenvalue weighted by molar-refractivity contribution is -0.122. The zero-order chi connectivity index (χ0) is 19.0. The number of hydrogen-bond donors (Lipinski definition) is 1. The molecule has 6 heteroatoms. The Morgan fingerprint density at radius 2 is 2.11 bits per heavy atom. The van der Waals surface area contributed by atoms with Crippen molar-refractivity contribution in [2.24, 2.45) is 10.9 Å². The van der Waals surface area contributed by atoms with Crippen molar-refractivity contribution >= 4 is 46.2 Å². The number of anilines is 2. The van der Waals surface area contributed by atoms with Crippen molar-refractivity contribution in [1.82, 2.24) is 0 Å². The van der Waals surface area contributed by atoms with Gasteiger partial charge in [0.2, 0.25) is 11.8 Å². The molecule has 4 rings (SSSR count). The normalized spacial score (nSPS) is 18.4. The maximum absolute atomic E-state index is 13.1. The Balaban J connectivity index is 1.59. The molecular formula is C21H20ClN3O2. The van der Waals surface area contributed by atoms with Gasteiger partial charge >= 0.3 is 0 Å². The summed E-state index contributed by atoms with van der Waals surface area (Å²) in [5, 5.41) is 3.42. The van der Waals surface area contributed by atoms with Crippen LogP contribution in [0.3, 0.4) is 0 Å². The van der Waals surface area contributed by atoms with Gasteiger partial charge in [-0.3, -0.25) is 14.6 Å². The second-order valence-corrected chi connectivity index (χ2v) is 7.38. The number of para-hydroxylation sites is 2. The molecule has 0 saturated heterocycles. The van der Waals surface area contributed by atoms with Crippen molar-refractivity contribution in [3.05, 3.63) is 53.1 Å². The van der Waals surface area contributed by atoms with Gasteiger partial charge in [0.1, 0.15) is 6.54 Å². The van der Waals surface area contributed by atoms with Crippen LogP contribution in [0, 0.1) is 12.8 Å². The monoisotopic (exact) mass is 381 g/mol. The number of nitrogens with one attached hydrogen (secondary N) is 1. The number of amides is 2. The van der Waals surface area contributed by atoms with Crippen LogP contribution in [0.2, 0.25) is 5.02 Å². The summed E-state index contributed by atoms with van der Waals surface area (Å²) in [5.41, 5.74) is 3.92. The maximum Gasteiger partial charge on any atom is 0.244 e. The zero-order valence-corrected chi connectivity index (χ0v) is 15.8. The molecule has 0 bridgehead atoms. The Morgan fingerprint density at radius 3 is 2.93 bits per heavy atom. The molecule has 1 fully saturated rings. The molecule has 1 aliphatic heterocycles. The minimum Gasteiger partial charge on any atom is -0.324 e. The minimum absolute atomic E-state index is 0.0479. The van der Waals surface area contributed by atoms with E-state index in [2.05, 4.69) is 5.32 Å². The molecule has 2 aromatic rings. The molecule has 0 radical (unpaired) electrons. The van der Waals surface area contributed by atoms with Crippen LogP contribution in [-0.4, -0.2) is 24.1 Å². The molecule has 2 aromatic carbocycles. The topological polar surface area (TPSA) is 61.8 Å². The van der Waals surface area contributed by atoms with E-state index in [0.29, 0.717) is 16.4 Å². The maximum atomic E-state index is 13.1. The summed E-state index contributed by atoms with van der Waals surface area (Å²) >= 11 is 6.13. The van der Waals surface area contributed by atoms with Crippen molar-refractivity contribution in [1.29, 1.82) is 0 Å². The third-order valence-corrected chi connectivity index (χ3v) is 5.49. The second kappa shape index (κ2) is 7.16. The van der Waals surface area contributed by atoms with Crippen LogP contribution in [0.15, 0.2) is 47.5 Å². The third kappa shape index (κ3) is 3.47. The fourth-order valence-corrected chi connectivity index (χ4v) is 3.83. The van der Waals surface area contributed by atoms with E-state index in [4.69, 9.17) is 16.6 Å². The van der Waals surface area contributed by atoms with Crippen LogP contribution in [-0.2, 0) is 9.59 Å². The third-order valence-electron chi connectivity index (χ3n) is 5.09. The molecular weight excluding hydrogens is 362 g/mol. The molecule has 1 saturated carbocycles. The number of halogens is 1. The Hall–Kier alpha value is -2.66. The van der Waals surface area contributed by atoms with Gasteiger partial charge in [-0.15, -0.1) is 0 Å². The Labute approximate surface area is 163 Å². The van der Waals surface area contributed by atoms with Crippen molar-refractivity contribution in [3.63, 3.8) is 0 Å². The van der Waals surface area contributed by atoms with Crippen LogP contribution in [0.1, 0.15) is 24.8 Å². The molecule has 5 nitrogen and oxygen atoms in total. The number of aryl methyl sites for hydroxylation is 1. The van der Waals surface area contributed by atoms with E-state index in [1.807, 2.05) is 37.3 Å². The lowest BCUT2D eigenvalue weighted by Crippen LogP contribution is -2.41. The highest BCUT2D eigenvalue weighted by Gasteiger charge is 2.37. The quantitative estimate of drug-likeness (QED) is 0.850. The number of carbonyl (C=O) groups excluding carboxylic acids is 2. The summed E-state index contributed by atoms with van der Waals surface area (Å²) in [7, 11) is 0. The molecule has 2 aliphatic rings. The SMILES string of the molecule is Cc1ccc(NC(=O)CN2C(=O)[C@H]3CCCC3=Nc3ccccc32)cc1Cl. The first-order valence-electron chi connectivity index (χ1n) is 9.07. The van der Waals surface area contributed by atoms with Crippen LogP contribution < -0.4 is 10.2 Å². The summed E-state index contributed by atoms with van der Waals surface area (Å²) in [5.74, 6) is -0.535. The smallest absolute Gasteiger partial charge is 0.244 e. The number of aliphatic imine (C=N–C) groups is 1. The van der Waals surface area contributed by atoms with E-state index in [0.717, 1.165) is 36.2 Å². The van der Waals surface area contributed by atoms with E-state index in [1.54, 1.807) is 17.0 Å². The first-order chi connectivity index (χ1) is 13.0. The first-order valence-corrected chi connectivity index (χ1v) is 9.44.